The van der Waals surface area contributed by atoms with Crippen LogP contribution in [0, 0.1) is 0 Å². The number of hydrogen-bond donors (Lipinski definition) is 1. The van der Waals surface area contributed by atoms with Crippen molar-refractivity contribution in [1.29, 1.82) is 0 Å². The molecule has 1 fully saturated rings. The molecule has 0 bridgehead atoms. The van der Waals surface area contributed by atoms with Crippen molar-refractivity contribution in [3.63, 3.8) is 0 Å². The van der Waals surface area contributed by atoms with E-state index in [2.05, 4.69) is 54.1 Å². The molecule has 1 aliphatic rings. The van der Waals surface area contributed by atoms with E-state index < -0.39 is 0 Å². The Morgan fingerprint density at radius 2 is 1.75 bits per heavy atom. The van der Waals surface area contributed by atoms with Crippen LogP contribution in [-0.4, -0.2) is 53.6 Å². The Morgan fingerprint density at radius 1 is 1.04 bits per heavy atom. The molecule has 0 aliphatic carbocycles. The van der Waals surface area contributed by atoms with Crippen molar-refractivity contribution < 1.29 is 0 Å². The van der Waals surface area contributed by atoms with Crippen LogP contribution in [0.25, 0.3) is 11.4 Å². The third kappa shape index (κ3) is 4.03. The van der Waals surface area contributed by atoms with Crippen molar-refractivity contribution >= 4 is 11.6 Å². The van der Waals surface area contributed by atoms with Gasteiger partial charge < -0.3 is 15.1 Å². The van der Waals surface area contributed by atoms with Gasteiger partial charge in [-0.3, -0.25) is 0 Å². The number of anilines is 2. The zero-order valence-corrected chi connectivity index (χ0v) is 14.9. The number of likely N-dealkylation sites (N-methyl/N-ethyl adjacent to an activating group) is 1. The van der Waals surface area contributed by atoms with Gasteiger partial charge in [-0.15, -0.1) is 0 Å². The number of hydrogen-bond acceptors (Lipinski definition) is 5. The van der Waals surface area contributed by atoms with Gasteiger partial charge in [0.2, 0.25) is 0 Å². The minimum Gasteiger partial charge on any atom is -0.368 e. The highest BCUT2D eigenvalue weighted by Crippen LogP contribution is 2.23. The van der Waals surface area contributed by atoms with E-state index in [0.717, 1.165) is 55.7 Å². The lowest BCUT2D eigenvalue weighted by Gasteiger charge is -2.35. The van der Waals surface area contributed by atoms with Crippen LogP contribution in [0.2, 0.25) is 0 Å². The minimum atomic E-state index is 0.341. The van der Waals surface area contributed by atoms with Gasteiger partial charge in [0.05, 0.1) is 0 Å². The fraction of sp³-hybridized carbons (Fsp3) is 0.474. The van der Waals surface area contributed by atoms with Crippen LogP contribution in [0.4, 0.5) is 11.6 Å². The molecule has 1 aliphatic heterocycles. The molecule has 2 heterocycles. The van der Waals surface area contributed by atoms with Gasteiger partial charge in [-0.25, -0.2) is 9.97 Å². The van der Waals surface area contributed by atoms with Crippen LogP contribution in [0.5, 0.6) is 0 Å². The molecular formula is C19H27N5. The average molecular weight is 325 g/mol. The number of nitrogens with zero attached hydrogens (tertiary/aromatic N) is 4. The summed E-state index contributed by atoms with van der Waals surface area (Å²) in [6, 6.07) is 12.6. The van der Waals surface area contributed by atoms with Crippen LogP contribution >= 0.6 is 0 Å². The molecule has 2 aromatic rings. The van der Waals surface area contributed by atoms with Crippen LogP contribution < -0.4 is 10.2 Å². The quantitative estimate of drug-likeness (QED) is 0.915. The second kappa shape index (κ2) is 7.62. The predicted molar refractivity (Wildman–Crippen MR) is 101 cm³/mol. The molecule has 3 rings (SSSR count). The first-order valence-corrected chi connectivity index (χ1v) is 8.84. The normalized spacial score (nSPS) is 15.8. The highest BCUT2D eigenvalue weighted by molar-refractivity contribution is 5.62. The number of rotatable bonds is 5. The molecule has 1 saturated heterocycles. The highest BCUT2D eigenvalue weighted by atomic mass is 15.3. The summed E-state index contributed by atoms with van der Waals surface area (Å²) < 4.78 is 0. The smallest absolute Gasteiger partial charge is 0.163 e. The Balaban J connectivity index is 1.90. The Morgan fingerprint density at radius 3 is 2.38 bits per heavy atom. The lowest BCUT2D eigenvalue weighted by molar-refractivity contribution is 0.270. The van der Waals surface area contributed by atoms with E-state index in [1.165, 1.54) is 0 Å². The molecule has 0 spiro atoms. The Labute approximate surface area is 144 Å². The van der Waals surface area contributed by atoms with E-state index >= 15 is 0 Å². The molecule has 5 heteroatoms. The van der Waals surface area contributed by atoms with E-state index in [1.54, 1.807) is 0 Å². The Bertz CT molecular complexity index is 648. The Kier molecular flexibility index (Phi) is 5.30. The van der Waals surface area contributed by atoms with Crippen LogP contribution in [0.1, 0.15) is 20.8 Å². The molecule has 1 N–H and O–H groups in total. The van der Waals surface area contributed by atoms with E-state index in [-0.39, 0.29) is 0 Å². The number of benzene rings is 1. The molecule has 24 heavy (non-hydrogen) atoms. The van der Waals surface area contributed by atoms with E-state index in [4.69, 9.17) is 9.97 Å². The zero-order valence-electron chi connectivity index (χ0n) is 14.9. The maximum absolute atomic E-state index is 4.84. The fourth-order valence-electron chi connectivity index (χ4n) is 2.98. The molecule has 128 valence electrons. The van der Waals surface area contributed by atoms with E-state index in [9.17, 15) is 0 Å². The summed E-state index contributed by atoms with van der Waals surface area (Å²) in [5, 5.41) is 3.43. The Hall–Kier alpha value is -2.14. The second-order valence-electron chi connectivity index (χ2n) is 6.52. The standard InChI is InChI=1S/C19H27N5/c1-4-23-10-12-24(13-11-23)18-14-17(20-15(2)3)21-19(22-18)16-8-6-5-7-9-16/h5-9,14-15H,4,10-13H2,1-3H3,(H,20,21,22). The molecule has 0 unspecified atom stereocenters. The summed E-state index contributed by atoms with van der Waals surface area (Å²) in [6.07, 6.45) is 0. The third-order valence-electron chi connectivity index (χ3n) is 4.32. The SMILES string of the molecule is CCN1CCN(c2cc(NC(C)C)nc(-c3ccccc3)n2)CC1. The third-order valence-corrected chi connectivity index (χ3v) is 4.32. The van der Waals surface area contributed by atoms with Gasteiger partial charge in [0.15, 0.2) is 5.82 Å². The van der Waals surface area contributed by atoms with Gasteiger partial charge in [0, 0.05) is 43.9 Å². The lowest BCUT2D eigenvalue weighted by Crippen LogP contribution is -2.46. The van der Waals surface area contributed by atoms with Crippen molar-refractivity contribution in [1.82, 2.24) is 14.9 Å². The van der Waals surface area contributed by atoms with Gasteiger partial charge >= 0.3 is 0 Å². The molecule has 0 saturated carbocycles. The van der Waals surface area contributed by atoms with Gasteiger partial charge in [-0.1, -0.05) is 37.3 Å². The largest absolute Gasteiger partial charge is 0.368 e. The molecule has 0 radical (unpaired) electrons. The predicted octanol–water partition coefficient (Wildman–Crippen LogP) is 3.11. The topological polar surface area (TPSA) is 44.3 Å². The van der Waals surface area contributed by atoms with Gasteiger partial charge in [0.25, 0.3) is 0 Å². The molecule has 1 aromatic heterocycles. The molecule has 1 aromatic carbocycles. The summed E-state index contributed by atoms with van der Waals surface area (Å²) in [6.45, 7) is 11.8. The van der Waals surface area contributed by atoms with Crippen LogP contribution in [0.3, 0.4) is 0 Å². The summed E-state index contributed by atoms with van der Waals surface area (Å²) in [5.74, 6) is 2.70. The summed E-state index contributed by atoms with van der Waals surface area (Å²) in [7, 11) is 0. The van der Waals surface area contributed by atoms with Gasteiger partial charge in [0.1, 0.15) is 11.6 Å². The number of aromatic nitrogens is 2. The molecule has 5 nitrogen and oxygen atoms in total. The van der Waals surface area contributed by atoms with Crippen LogP contribution in [-0.2, 0) is 0 Å². The summed E-state index contributed by atoms with van der Waals surface area (Å²) in [5.41, 5.74) is 1.05. The summed E-state index contributed by atoms with van der Waals surface area (Å²) in [4.78, 5) is 14.4. The summed E-state index contributed by atoms with van der Waals surface area (Å²) >= 11 is 0. The first kappa shape index (κ1) is 16.7. The van der Waals surface area contributed by atoms with Crippen molar-refractivity contribution in [2.75, 3.05) is 42.9 Å². The van der Waals surface area contributed by atoms with Gasteiger partial charge in [-0.05, 0) is 20.4 Å². The maximum Gasteiger partial charge on any atom is 0.163 e. The number of nitrogens with one attached hydrogen (secondary N) is 1. The lowest BCUT2D eigenvalue weighted by atomic mass is 10.2. The monoisotopic (exact) mass is 325 g/mol. The second-order valence-corrected chi connectivity index (χ2v) is 6.52. The van der Waals surface area contributed by atoms with E-state index in [1.807, 2.05) is 18.2 Å². The zero-order chi connectivity index (χ0) is 16.9. The van der Waals surface area contributed by atoms with Crippen molar-refractivity contribution in [3.8, 4) is 11.4 Å². The van der Waals surface area contributed by atoms with Crippen LogP contribution in [0.15, 0.2) is 36.4 Å². The first-order chi connectivity index (χ1) is 11.7. The molecule has 0 atom stereocenters. The van der Waals surface area contributed by atoms with Crippen molar-refractivity contribution in [3.05, 3.63) is 36.4 Å². The van der Waals surface area contributed by atoms with Gasteiger partial charge in [-0.2, -0.15) is 0 Å². The van der Waals surface area contributed by atoms with Crippen molar-refractivity contribution in [2.45, 2.75) is 26.8 Å². The first-order valence-electron chi connectivity index (χ1n) is 8.84. The highest BCUT2D eigenvalue weighted by Gasteiger charge is 2.18. The van der Waals surface area contributed by atoms with Crippen molar-refractivity contribution in [2.24, 2.45) is 0 Å². The molecular weight excluding hydrogens is 298 g/mol. The maximum atomic E-state index is 4.84. The average Bonchev–Trinajstić information content (AvgIpc) is 2.62. The molecule has 0 amide bonds. The fourth-order valence-corrected chi connectivity index (χ4v) is 2.98. The van der Waals surface area contributed by atoms with E-state index in [0.29, 0.717) is 6.04 Å². The minimum absolute atomic E-state index is 0.341. The number of piperazine rings is 1.